The van der Waals surface area contributed by atoms with Crippen molar-refractivity contribution in [1.29, 1.82) is 0 Å². The van der Waals surface area contributed by atoms with E-state index in [9.17, 15) is 40.7 Å². The summed E-state index contributed by atoms with van der Waals surface area (Å²) in [6.07, 6.45) is -9.36. The minimum atomic E-state index is -4.94. The molecule has 2 N–H and O–H groups in total. The van der Waals surface area contributed by atoms with E-state index in [1.165, 1.54) is 13.0 Å². The lowest BCUT2D eigenvalue weighted by molar-refractivity contribution is -0.139. The number of carbonyl (C=O) groups is 1. The average molecular weight is 750 g/mol. The summed E-state index contributed by atoms with van der Waals surface area (Å²) < 4.78 is 99.0. The summed E-state index contributed by atoms with van der Waals surface area (Å²) in [5.41, 5.74) is -3.39. The zero-order valence-corrected chi connectivity index (χ0v) is 28.7. The van der Waals surface area contributed by atoms with Crippen LogP contribution >= 0.6 is 0 Å². The molecule has 1 aliphatic heterocycles. The Bertz CT molecular complexity index is 2020. The van der Waals surface area contributed by atoms with Crippen molar-refractivity contribution >= 4 is 11.7 Å². The second kappa shape index (κ2) is 16.4. The van der Waals surface area contributed by atoms with Crippen LogP contribution in [0.4, 0.5) is 36.4 Å². The first-order valence-electron chi connectivity index (χ1n) is 16.9. The van der Waals surface area contributed by atoms with Gasteiger partial charge in [-0.1, -0.05) is 54.6 Å². The molecule has 1 atom stereocenters. The van der Waals surface area contributed by atoms with Gasteiger partial charge in [-0.15, -0.1) is 0 Å². The van der Waals surface area contributed by atoms with Crippen LogP contribution in [-0.4, -0.2) is 57.8 Å². The summed E-state index contributed by atoms with van der Waals surface area (Å²) in [5, 5.41) is 12.3. The first-order chi connectivity index (χ1) is 25.0. The number of alkyl halides is 6. The smallest absolute Gasteiger partial charge is 0.416 e. The molecule has 284 valence electrons. The Hall–Kier alpha value is -4.96. The highest BCUT2D eigenvalue weighted by molar-refractivity contribution is 5.66. The van der Waals surface area contributed by atoms with Crippen molar-refractivity contribution in [1.82, 2.24) is 19.4 Å². The molecule has 0 radical (unpaired) electrons. The Balaban J connectivity index is 1.53. The number of nitrogens with zero attached hydrogens (tertiary/aromatic N) is 4. The van der Waals surface area contributed by atoms with Gasteiger partial charge in [-0.2, -0.15) is 26.3 Å². The highest BCUT2D eigenvalue weighted by Crippen LogP contribution is 2.34. The van der Waals surface area contributed by atoms with Gasteiger partial charge < -0.3 is 15.3 Å². The Morgan fingerprint density at radius 2 is 1.53 bits per heavy atom. The molecule has 1 saturated heterocycles. The molecule has 0 aliphatic carbocycles. The second-order valence-corrected chi connectivity index (χ2v) is 12.9. The molecular formula is C37H38F7N5O4. The van der Waals surface area contributed by atoms with Gasteiger partial charge in [0.05, 0.1) is 30.3 Å². The molecule has 0 unspecified atom stereocenters. The van der Waals surface area contributed by atoms with Gasteiger partial charge in [-0.25, -0.2) is 9.18 Å². The molecule has 2 heterocycles. The fourth-order valence-electron chi connectivity index (χ4n) is 6.55. The molecule has 0 bridgehead atoms. The van der Waals surface area contributed by atoms with E-state index >= 15 is 4.39 Å². The molecule has 5 rings (SSSR count). The number of hydrogen-bond acceptors (Lipinski definition) is 6. The van der Waals surface area contributed by atoms with E-state index in [0.717, 1.165) is 33.4 Å². The van der Waals surface area contributed by atoms with Gasteiger partial charge in [0, 0.05) is 50.4 Å². The molecule has 1 aromatic heterocycles. The maximum atomic E-state index is 15.1. The molecule has 0 saturated carbocycles. The first kappa shape index (κ1) is 39.3. The molecule has 1 aliphatic rings. The monoisotopic (exact) mass is 749 g/mol. The number of anilines is 1. The van der Waals surface area contributed by atoms with Crippen molar-refractivity contribution in [2.45, 2.75) is 57.8 Å². The number of carboxylic acids is 1. The second-order valence-electron chi connectivity index (χ2n) is 12.9. The zero-order valence-electron chi connectivity index (χ0n) is 28.7. The lowest BCUT2D eigenvalue weighted by atomic mass is 10.1. The van der Waals surface area contributed by atoms with Crippen molar-refractivity contribution in [3.63, 3.8) is 0 Å². The molecule has 0 amide bonds. The fraction of sp³-hybridized carbons (Fsp3) is 0.378. The minimum Gasteiger partial charge on any atom is -0.481 e. The van der Waals surface area contributed by atoms with Gasteiger partial charge in [0.25, 0.3) is 5.56 Å². The fourth-order valence-corrected chi connectivity index (χ4v) is 6.55. The topological polar surface area (TPSA) is 99.8 Å². The van der Waals surface area contributed by atoms with Crippen LogP contribution in [0.15, 0.2) is 82.4 Å². The third-order valence-electron chi connectivity index (χ3n) is 9.27. The highest BCUT2D eigenvalue weighted by atomic mass is 19.4. The Morgan fingerprint density at radius 3 is 2.17 bits per heavy atom. The number of hydrogen-bond donors (Lipinski definition) is 2. The number of aliphatic carboxylic acids is 1. The molecule has 0 spiro atoms. The summed E-state index contributed by atoms with van der Waals surface area (Å²) in [6, 6.07) is 15.5. The largest absolute Gasteiger partial charge is 0.481 e. The third-order valence-corrected chi connectivity index (χ3v) is 9.27. The standard InChI is InChI=1S/C37H38F7N5O4/c1-24-33(47-18-16-46(17-19-47)21-25-8-5-11-27(20-25)36(39,40)41)34(52)49(23-31(26-9-3-2-4-10-26)45-15-7-14-32(50)51)35(53)48(24)22-28-29(37(42,43)44)12-6-13-30(28)38/h2-6,8-13,20,31,45H,7,14-19,21-23H2,1H3,(H,50,51)/t31-/m0/s1. The van der Waals surface area contributed by atoms with Crippen molar-refractivity contribution in [3.05, 3.63) is 133 Å². The zero-order chi connectivity index (χ0) is 38.5. The van der Waals surface area contributed by atoms with Gasteiger partial charge in [0.2, 0.25) is 0 Å². The van der Waals surface area contributed by atoms with Gasteiger partial charge in [-0.05, 0) is 49.2 Å². The SMILES string of the molecule is Cc1c(N2CCN(Cc3cccc(C(F)(F)F)c3)CC2)c(=O)n(C[C@H](NCCCC(=O)O)c2ccccc2)c(=O)n1Cc1c(F)cccc1C(F)(F)F. The third kappa shape index (κ3) is 9.53. The normalized spacial score (nSPS) is 14.8. The van der Waals surface area contributed by atoms with Crippen LogP contribution in [0.1, 0.15) is 52.4 Å². The number of benzene rings is 3. The maximum Gasteiger partial charge on any atom is 0.416 e. The molecule has 3 aromatic carbocycles. The Morgan fingerprint density at radius 1 is 0.849 bits per heavy atom. The molecule has 1 fully saturated rings. The van der Waals surface area contributed by atoms with E-state index in [4.69, 9.17) is 5.11 Å². The van der Waals surface area contributed by atoms with Crippen LogP contribution in [0.25, 0.3) is 0 Å². The summed E-state index contributed by atoms with van der Waals surface area (Å²) >= 11 is 0. The number of carboxylic acid groups (broad SMARTS) is 1. The number of piperazine rings is 1. The van der Waals surface area contributed by atoms with E-state index < -0.39 is 64.7 Å². The summed E-state index contributed by atoms with van der Waals surface area (Å²) in [4.78, 5) is 43.2. The highest BCUT2D eigenvalue weighted by Gasteiger charge is 2.36. The Kier molecular flexibility index (Phi) is 12.1. The minimum absolute atomic E-state index is 0.0182. The molecule has 53 heavy (non-hydrogen) atoms. The lowest BCUT2D eigenvalue weighted by Crippen LogP contribution is -2.51. The van der Waals surface area contributed by atoms with Crippen molar-refractivity contribution in [2.24, 2.45) is 0 Å². The van der Waals surface area contributed by atoms with Crippen LogP contribution in [0.5, 0.6) is 0 Å². The lowest BCUT2D eigenvalue weighted by Gasteiger charge is -2.37. The van der Waals surface area contributed by atoms with Crippen LogP contribution in [0, 0.1) is 12.7 Å². The molecule has 9 nitrogen and oxygen atoms in total. The first-order valence-corrected chi connectivity index (χ1v) is 16.9. The number of aromatic nitrogens is 2. The number of rotatable bonds is 13. The maximum absolute atomic E-state index is 15.1. The van der Waals surface area contributed by atoms with Gasteiger partial charge in [-0.3, -0.25) is 23.6 Å². The van der Waals surface area contributed by atoms with Crippen molar-refractivity contribution in [3.8, 4) is 0 Å². The van der Waals surface area contributed by atoms with Crippen molar-refractivity contribution < 1.29 is 40.6 Å². The van der Waals surface area contributed by atoms with E-state index in [2.05, 4.69) is 5.32 Å². The van der Waals surface area contributed by atoms with Crippen LogP contribution in [0.3, 0.4) is 0 Å². The molecular weight excluding hydrogens is 711 g/mol. The van der Waals surface area contributed by atoms with E-state index in [1.54, 1.807) is 41.3 Å². The predicted octanol–water partition coefficient (Wildman–Crippen LogP) is 6.06. The molecule has 16 heteroatoms. The van der Waals surface area contributed by atoms with Crippen LogP contribution in [0.2, 0.25) is 0 Å². The van der Waals surface area contributed by atoms with Gasteiger partial charge in [0.1, 0.15) is 11.5 Å². The van der Waals surface area contributed by atoms with Crippen molar-refractivity contribution in [2.75, 3.05) is 37.6 Å². The predicted molar refractivity (Wildman–Crippen MR) is 183 cm³/mol. The number of halogens is 7. The van der Waals surface area contributed by atoms with Gasteiger partial charge >= 0.3 is 24.0 Å². The Labute approximate surface area is 299 Å². The van der Waals surface area contributed by atoms with Crippen LogP contribution < -0.4 is 21.5 Å². The van der Waals surface area contributed by atoms with E-state index in [0.29, 0.717) is 30.3 Å². The number of nitrogens with one attached hydrogen (secondary N) is 1. The summed E-state index contributed by atoms with van der Waals surface area (Å²) in [6.45, 7) is 1.66. The molecule has 4 aromatic rings. The summed E-state index contributed by atoms with van der Waals surface area (Å²) in [7, 11) is 0. The quantitative estimate of drug-likeness (QED) is 0.127. The van der Waals surface area contributed by atoms with Gasteiger partial charge in [0.15, 0.2) is 0 Å². The van der Waals surface area contributed by atoms with E-state index in [-0.39, 0.29) is 56.9 Å². The van der Waals surface area contributed by atoms with E-state index in [1.807, 2.05) is 4.90 Å². The van der Waals surface area contributed by atoms with Crippen LogP contribution in [-0.2, 0) is 36.8 Å². The summed E-state index contributed by atoms with van der Waals surface area (Å²) in [5.74, 6) is -2.19. The average Bonchev–Trinajstić information content (AvgIpc) is 3.10.